The van der Waals surface area contributed by atoms with E-state index in [1.165, 1.54) is 0 Å². The number of unbranched alkanes of at least 4 members (excludes halogenated alkanes) is 1. The third-order valence-corrected chi connectivity index (χ3v) is 3.01. The maximum absolute atomic E-state index is 11.3. The minimum atomic E-state index is -0.462. The van der Waals surface area contributed by atoms with Crippen LogP contribution >= 0.6 is 0 Å². The van der Waals surface area contributed by atoms with Crippen LogP contribution in [0.25, 0.3) is 0 Å². The summed E-state index contributed by atoms with van der Waals surface area (Å²) < 4.78 is 0. The summed E-state index contributed by atoms with van der Waals surface area (Å²) >= 11 is 0. The molecule has 0 atom stereocenters. The molecule has 0 aromatic carbocycles. The van der Waals surface area contributed by atoms with Gasteiger partial charge < -0.3 is 15.3 Å². The first-order valence-corrected chi connectivity index (χ1v) is 7.17. The van der Waals surface area contributed by atoms with Gasteiger partial charge in [-0.25, -0.2) is 4.98 Å². The number of aryl methyl sites for hydroxylation is 1. The molecule has 0 bridgehead atoms. The topological polar surface area (TPSA) is 104 Å². The Morgan fingerprint density at radius 3 is 2.57 bits per heavy atom. The summed E-state index contributed by atoms with van der Waals surface area (Å²) in [6.45, 7) is 7.01. The summed E-state index contributed by atoms with van der Waals surface area (Å²) in [5.74, 6) is 0.640. The summed E-state index contributed by atoms with van der Waals surface area (Å²) in [6, 6.07) is 0. The standard InChI is InChI=1S/C13H23N5O3/c1-4-6-7-17(8-9-19)12-11(18(20)21)10(3)15-13(16-12)14-5-2/h19H,4-9H2,1-3H3,(H,14,15,16). The normalized spacial score (nSPS) is 10.5. The van der Waals surface area contributed by atoms with Gasteiger partial charge in [0.15, 0.2) is 0 Å². The molecule has 2 N–H and O–H groups in total. The lowest BCUT2D eigenvalue weighted by Gasteiger charge is -2.23. The van der Waals surface area contributed by atoms with Crippen molar-refractivity contribution in [3.63, 3.8) is 0 Å². The number of aliphatic hydroxyl groups is 1. The van der Waals surface area contributed by atoms with E-state index in [0.29, 0.717) is 31.3 Å². The molecule has 0 aliphatic rings. The van der Waals surface area contributed by atoms with Gasteiger partial charge in [0, 0.05) is 19.6 Å². The molecule has 118 valence electrons. The molecule has 0 amide bonds. The van der Waals surface area contributed by atoms with E-state index in [-0.39, 0.29) is 18.1 Å². The molecule has 0 radical (unpaired) electrons. The number of nitrogens with one attached hydrogen (secondary N) is 1. The van der Waals surface area contributed by atoms with Crippen LogP contribution in [0.2, 0.25) is 0 Å². The number of nitro groups is 1. The largest absolute Gasteiger partial charge is 0.395 e. The summed E-state index contributed by atoms with van der Waals surface area (Å²) in [5, 5.41) is 23.5. The number of aromatic nitrogens is 2. The van der Waals surface area contributed by atoms with Crippen molar-refractivity contribution in [3.05, 3.63) is 15.8 Å². The SMILES string of the molecule is CCCCN(CCO)c1nc(NCC)nc(C)c1[N+](=O)[O-]. The van der Waals surface area contributed by atoms with Gasteiger partial charge in [0.2, 0.25) is 11.8 Å². The van der Waals surface area contributed by atoms with Crippen molar-refractivity contribution >= 4 is 17.5 Å². The van der Waals surface area contributed by atoms with E-state index >= 15 is 0 Å². The van der Waals surface area contributed by atoms with E-state index in [2.05, 4.69) is 15.3 Å². The summed E-state index contributed by atoms with van der Waals surface area (Å²) in [5.41, 5.74) is 0.224. The number of hydrogen-bond donors (Lipinski definition) is 2. The Morgan fingerprint density at radius 1 is 1.33 bits per heavy atom. The van der Waals surface area contributed by atoms with E-state index in [9.17, 15) is 15.2 Å². The van der Waals surface area contributed by atoms with E-state index in [4.69, 9.17) is 0 Å². The molecule has 0 spiro atoms. The Kier molecular flexibility index (Phi) is 6.80. The first-order chi connectivity index (χ1) is 10.0. The van der Waals surface area contributed by atoms with Crippen molar-refractivity contribution in [2.45, 2.75) is 33.6 Å². The van der Waals surface area contributed by atoms with Gasteiger partial charge in [-0.05, 0) is 20.3 Å². The van der Waals surface area contributed by atoms with E-state index in [1.807, 2.05) is 13.8 Å². The number of nitrogens with zero attached hydrogens (tertiary/aromatic N) is 4. The molecular formula is C13H23N5O3. The van der Waals surface area contributed by atoms with E-state index < -0.39 is 4.92 Å². The Hall–Kier alpha value is -1.96. The van der Waals surface area contributed by atoms with Crippen LogP contribution in [-0.4, -0.2) is 46.2 Å². The van der Waals surface area contributed by atoms with Gasteiger partial charge in [0.1, 0.15) is 5.69 Å². The molecule has 8 nitrogen and oxygen atoms in total. The molecule has 21 heavy (non-hydrogen) atoms. The van der Waals surface area contributed by atoms with E-state index in [0.717, 1.165) is 12.8 Å². The summed E-state index contributed by atoms with van der Waals surface area (Å²) in [6.07, 6.45) is 1.83. The van der Waals surface area contributed by atoms with E-state index in [1.54, 1.807) is 11.8 Å². The molecule has 0 aliphatic carbocycles. The van der Waals surface area contributed by atoms with Crippen molar-refractivity contribution < 1.29 is 10.0 Å². The lowest BCUT2D eigenvalue weighted by atomic mass is 10.2. The Bertz CT molecular complexity index is 481. The predicted octanol–water partition coefficient (Wildman–Crippen LogP) is 1.72. The first-order valence-electron chi connectivity index (χ1n) is 7.17. The van der Waals surface area contributed by atoms with Gasteiger partial charge in [0.05, 0.1) is 11.5 Å². The molecule has 1 aromatic heterocycles. The monoisotopic (exact) mass is 297 g/mol. The van der Waals surface area contributed by atoms with Crippen molar-refractivity contribution in [1.82, 2.24) is 9.97 Å². The highest BCUT2D eigenvalue weighted by Gasteiger charge is 2.26. The second kappa shape index (κ2) is 8.35. The fourth-order valence-electron chi connectivity index (χ4n) is 2.02. The lowest BCUT2D eigenvalue weighted by molar-refractivity contribution is -0.385. The average molecular weight is 297 g/mol. The van der Waals surface area contributed by atoms with Crippen LogP contribution < -0.4 is 10.2 Å². The van der Waals surface area contributed by atoms with Gasteiger partial charge in [-0.15, -0.1) is 0 Å². The highest BCUT2D eigenvalue weighted by atomic mass is 16.6. The Balaban J connectivity index is 3.28. The minimum Gasteiger partial charge on any atom is -0.395 e. The van der Waals surface area contributed by atoms with Crippen LogP contribution in [0.15, 0.2) is 0 Å². The maximum atomic E-state index is 11.3. The molecule has 8 heteroatoms. The molecule has 0 unspecified atom stereocenters. The van der Waals surface area contributed by atoms with Crippen molar-refractivity contribution in [2.75, 3.05) is 36.5 Å². The lowest BCUT2D eigenvalue weighted by Crippen LogP contribution is -2.30. The second-order valence-electron chi connectivity index (χ2n) is 4.66. The number of hydrogen-bond acceptors (Lipinski definition) is 7. The first kappa shape index (κ1) is 17.1. The van der Waals surface area contributed by atoms with Crippen LogP contribution in [0.4, 0.5) is 17.5 Å². The number of rotatable bonds is 9. The van der Waals surface area contributed by atoms with Gasteiger partial charge in [-0.3, -0.25) is 10.1 Å². The van der Waals surface area contributed by atoms with Gasteiger partial charge in [-0.1, -0.05) is 13.3 Å². The fraction of sp³-hybridized carbons (Fsp3) is 0.692. The Labute approximate surface area is 124 Å². The van der Waals surface area contributed by atoms with Gasteiger partial charge >= 0.3 is 5.69 Å². The highest BCUT2D eigenvalue weighted by Crippen LogP contribution is 2.30. The van der Waals surface area contributed by atoms with Crippen molar-refractivity contribution in [1.29, 1.82) is 0 Å². The third-order valence-electron chi connectivity index (χ3n) is 3.01. The molecule has 1 heterocycles. The van der Waals surface area contributed by atoms with Crippen LogP contribution in [0.3, 0.4) is 0 Å². The zero-order valence-electron chi connectivity index (χ0n) is 12.8. The molecular weight excluding hydrogens is 274 g/mol. The molecule has 1 rings (SSSR count). The molecule has 0 fully saturated rings. The quantitative estimate of drug-likeness (QED) is 0.528. The molecule has 0 saturated carbocycles. The van der Waals surface area contributed by atoms with Gasteiger partial charge in [-0.2, -0.15) is 4.98 Å². The van der Waals surface area contributed by atoms with Crippen molar-refractivity contribution in [3.8, 4) is 0 Å². The number of aliphatic hydroxyl groups excluding tert-OH is 1. The smallest absolute Gasteiger partial charge is 0.332 e. The zero-order valence-corrected chi connectivity index (χ0v) is 12.8. The predicted molar refractivity (Wildman–Crippen MR) is 81.8 cm³/mol. The van der Waals surface area contributed by atoms with Crippen molar-refractivity contribution in [2.24, 2.45) is 0 Å². The molecule has 0 aliphatic heterocycles. The van der Waals surface area contributed by atoms with Gasteiger partial charge in [0.25, 0.3) is 0 Å². The second-order valence-corrected chi connectivity index (χ2v) is 4.66. The number of anilines is 2. The average Bonchev–Trinajstić information content (AvgIpc) is 2.42. The Morgan fingerprint density at radius 2 is 2.05 bits per heavy atom. The third kappa shape index (κ3) is 4.52. The molecule has 1 aromatic rings. The maximum Gasteiger partial charge on any atom is 0.332 e. The van der Waals surface area contributed by atoms with Crippen LogP contribution in [-0.2, 0) is 0 Å². The van der Waals surface area contributed by atoms with Crippen LogP contribution in [0, 0.1) is 17.0 Å². The van der Waals surface area contributed by atoms with Crippen LogP contribution in [0.1, 0.15) is 32.4 Å². The minimum absolute atomic E-state index is 0.0829. The fourth-order valence-corrected chi connectivity index (χ4v) is 2.02. The summed E-state index contributed by atoms with van der Waals surface area (Å²) in [7, 11) is 0. The zero-order chi connectivity index (χ0) is 15.8. The summed E-state index contributed by atoms with van der Waals surface area (Å²) in [4.78, 5) is 21.0. The van der Waals surface area contributed by atoms with Crippen LogP contribution in [0.5, 0.6) is 0 Å². The molecule has 0 saturated heterocycles. The highest BCUT2D eigenvalue weighted by molar-refractivity contribution is 5.62.